The van der Waals surface area contributed by atoms with Gasteiger partial charge in [-0.25, -0.2) is 0 Å². The zero-order chi connectivity index (χ0) is 17.1. The lowest BCUT2D eigenvalue weighted by Crippen LogP contribution is -2.23. The van der Waals surface area contributed by atoms with Crippen molar-refractivity contribution in [2.45, 2.75) is 26.2 Å². The molecule has 0 saturated heterocycles. The maximum atomic E-state index is 12.2. The fourth-order valence-electron chi connectivity index (χ4n) is 2.94. The Kier molecular flexibility index (Phi) is 4.85. The third-order valence-corrected chi connectivity index (χ3v) is 5.33. The van der Waals surface area contributed by atoms with E-state index < -0.39 is 5.91 Å². The molecule has 2 aromatic rings. The highest BCUT2D eigenvalue weighted by atomic mass is 32.1. The van der Waals surface area contributed by atoms with Crippen LogP contribution >= 0.6 is 11.3 Å². The number of nitrogens with one attached hydrogen (secondary N) is 1. The summed E-state index contributed by atoms with van der Waals surface area (Å²) in [6.07, 6.45) is 2.86. The number of rotatable bonds is 5. The molecule has 3 rings (SSSR count). The van der Waals surface area contributed by atoms with Crippen molar-refractivity contribution in [1.82, 2.24) is 0 Å². The lowest BCUT2D eigenvalue weighted by molar-refractivity contribution is -0.118. The maximum Gasteiger partial charge on any atom is 0.262 e. The molecule has 0 saturated carbocycles. The number of carbonyl (C=O) groups is 2. The van der Waals surface area contributed by atoms with Gasteiger partial charge in [-0.1, -0.05) is 25.1 Å². The molecule has 3 N–H and O–H groups in total. The number of thiophene rings is 1. The van der Waals surface area contributed by atoms with Crippen LogP contribution in [0.25, 0.3) is 0 Å². The van der Waals surface area contributed by atoms with Gasteiger partial charge in [-0.15, -0.1) is 11.3 Å². The molecule has 24 heavy (non-hydrogen) atoms. The van der Waals surface area contributed by atoms with Crippen LogP contribution in [0, 0.1) is 5.92 Å². The number of benzene rings is 1. The molecular weight excluding hydrogens is 324 g/mol. The molecule has 1 aliphatic carbocycles. The molecule has 1 aromatic carbocycles. The molecule has 5 nitrogen and oxygen atoms in total. The van der Waals surface area contributed by atoms with Gasteiger partial charge in [-0.3, -0.25) is 9.59 Å². The van der Waals surface area contributed by atoms with E-state index in [1.807, 2.05) is 18.2 Å². The third-order valence-electron chi connectivity index (χ3n) is 4.12. The summed E-state index contributed by atoms with van der Waals surface area (Å²) in [6.45, 7) is 2.05. The van der Waals surface area contributed by atoms with Gasteiger partial charge in [0.25, 0.3) is 11.8 Å². The Bertz CT molecular complexity index is 755. The quantitative estimate of drug-likeness (QED) is 0.875. The van der Waals surface area contributed by atoms with Gasteiger partial charge in [-0.05, 0) is 42.9 Å². The first-order chi connectivity index (χ1) is 11.5. The number of primary amides is 1. The average Bonchev–Trinajstić information content (AvgIpc) is 2.91. The van der Waals surface area contributed by atoms with Gasteiger partial charge >= 0.3 is 0 Å². The minimum atomic E-state index is -0.485. The third kappa shape index (κ3) is 3.59. The van der Waals surface area contributed by atoms with E-state index in [0.29, 0.717) is 22.2 Å². The number of para-hydroxylation sites is 1. The zero-order valence-corrected chi connectivity index (χ0v) is 14.3. The van der Waals surface area contributed by atoms with Crippen molar-refractivity contribution >= 4 is 28.2 Å². The topological polar surface area (TPSA) is 81.4 Å². The second-order valence-electron chi connectivity index (χ2n) is 6.07. The maximum absolute atomic E-state index is 12.2. The Morgan fingerprint density at radius 2 is 2.08 bits per heavy atom. The lowest BCUT2D eigenvalue weighted by Gasteiger charge is -2.18. The van der Waals surface area contributed by atoms with Crippen LogP contribution in [-0.4, -0.2) is 18.4 Å². The fraction of sp³-hybridized carbons (Fsp3) is 0.333. The van der Waals surface area contributed by atoms with E-state index >= 15 is 0 Å². The summed E-state index contributed by atoms with van der Waals surface area (Å²) in [7, 11) is 0. The second-order valence-corrected chi connectivity index (χ2v) is 7.18. The van der Waals surface area contributed by atoms with Gasteiger partial charge in [-0.2, -0.15) is 0 Å². The number of amides is 2. The van der Waals surface area contributed by atoms with Crippen LogP contribution < -0.4 is 15.8 Å². The van der Waals surface area contributed by atoms with Crippen molar-refractivity contribution < 1.29 is 14.3 Å². The van der Waals surface area contributed by atoms with Gasteiger partial charge in [0.15, 0.2) is 6.61 Å². The average molecular weight is 344 g/mol. The zero-order valence-electron chi connectivity index (χ0n) is 13.5. The van der Waals surface area contributed by atoms with Crippen LogP contribution in [0.4, 0.5) is 5.00 Å². The molecule has 0 fully saturated rings. The van der Waals surface area contributed by atoms with Crippen LogP contribution in [-0.2, 0) is 17.6 Å². The number of nitrogens with two attached hydrogens (primary N) is 1. The molecule has 0 bridgehead atoms. The van der Waals surface area contributed by atoms with E-state index in [9.17, 15) is 9.59 Å². The molecule has 1 unspecified atom stereocenters. The molecule has 126 valence electrons. The Hall–Kier alpha value is -2.34. The molecule has 1 aromatic heterocycles. The number of aryl methyl sites for hydroxylation is 1. The van der Waals surface area contributed by atoms with E-state index in [2.05, 4.69) is 12.2 Å². The highest BCUT2D eigenvalue weighted by Crippen LogP contribution is 2.39. The number of anilines is 1. The molecule has 2 amide bonds. The van der Waals surface area contributed by atoms with E-state index in [1.165, 1.54) is 11.3 Å². The van der Waals surface area contributed by atoms with Crippen molar-refractivity contribution in [2.24, 2.45) is 11.7 Å². The summed E-state index contributed by atoms with van der Waals surface area (Å²) in [5, 5.41) is 3.33. The van der Waals surface area contributed by atoms with Crippen LogP contribution in [0.5, 0.6) is 5.75 Å². The lowest BCUT2D eigenvalue weighted by atomic mass is 9.87. The van der Waals surface area contributed by atoms with Crippen molar-refractivity contribution in [1.29, 1.82) is 0 Å². The monoisotopic (exact) mass is 344 g/mol. The van der Waals surface area contributed by atoms with Crippen LogP contribution in [0.2, 0.25) is 0 Å². The fourth-order valence-corrected chi connectivity index (χ4v) is 4.20. The molecule has 1 aliphatic rings. The molecule has 6 heteroatoms. The molecule has 0 spiro atoms. The van der Waals surface area contributed by atoms with Crippen molar-refractivity contribution in [3.05, 3.63) is 46.3 Å². The summed E-state index contributed by atoms with van der Waals surface area (Å²) in [5.41, 5.74) is 7.03. The van der Waals surface area contributed by atoms with E-state index in [1.54, 1.807) is 12.1 Å². The first kappa shape index (κ1) is 16.5. The molecular formula is C18H20N2O3S. The number of hydrogen-bond acceptors (Lipinski definition) is 4. The first-order valence-electron chi connectivity index (χ1n) is 7.96. The minimum Gasteiger partial charge on any atom is -0.484 e. The number of ether oxygens (including phenoxy) is 1. The summed E-state index contributed by atoms with van der Waals surface area (Å²) in [6, 6.07) is 9.13. The van der Waals surface area contributed by atoms with Gasteiger partial charge in [0.1, 0.15) is 10.8 Å². The molecule has 1 heterocycles. The van der Waals surface area contributed by atoms with Crippen molar-refractivity contribution in [3.8, 4) is 5.75 Å². The van der Waals surface area contributed by atoms with Gasteiger partial charge in [0, 0.05) is 4.88 Å². The largest absolute Gasteiger partial charge is 0.484 e. The molecule has 0 aliphatic heterocycles. The Morgan fingerprint density at radius 1 is 1.33 bits per heavy atom. The van der Waals surface area contributed by atoms with Crippen LogP contribution in [0.15, 0.2) is 30.3 Å². The summed E-state index contributed by atoms with van der Waals surface area (Å²) in [5.74, 6) is 0.367. The summed E-state index contributed by atoms with van der Waals surface area (Å²) in [4.78, 5) is 25.2. The normalized spacial score (nSPS) is 16.3. The number of carbonyl (C=O) groups excluding carboxylic acids is 2. The highest BCUT2D eigenvalue weighted by Gasteiger charge is 2.27. The predicted molar refractivity (Wildman–Crippen MR) is 94.6 cm³/mol. The summed E-state index contributed by atoms with van der Waals surface area (Å²) >= 11 is 1.45. The predicted octanol–water partition coefficient (Wildman–Crippen LogP) is 2.99. The molecule has 1 atom stereocenters. The number of hydrogen-bond donors (Lipinski definition) is 2. The first-order valence-corrected chi connectivity index (χ1v) is 8.78. The highest BCUT2D eigenvalue weighted by molar-refractivity contribution is 7.17. The Balaban J connectivity index is 1.72. The van der Waals surface area contributed by atoms with Crippen LogP contribution in [0.3, 0.4) is 0 Å². The number of fused-ring (bicyclic) bond motifs is 1. The Labute approximate surface area is 144 Å². The van der Waals surface area contributed by atoms with Gasteiger partial charge in [0.2, 0.25) is 0 Å². The summed E-state index contributed by atoms with van der Waals surface area (Å²) < 4.78 is 5.44. The van der Waals surface area contributed by atoms with Crippen LogP contribution in [0.1, 0.15) is 34.1 Å². The SMILES string of the molecule is CC1CCc2sc(NC(=O)COc3ccccc3)c(C(N)=O)c2C1. The van der Waals surface area contributed by atoms with Gasteiger partial charge in [0.05, 0.1) is 5.56 Å². The Morgan fingerprint density at radius 3 is 2.79 bits per heavy atom. The standard InChI is InChI=1S/C18H20N2O3S/c1-11-7-8-14-13(9-11)16(17(19)22)18(24-14)20-15(21)10-23-12-5-3-2-4-6-12/h2-6,11H,7-10H2,1H3,(H2,19,22)(H,20,21). The smallest absolute Gasteiger partial charge is 0.262 e. The second kappa shape index (κ2) is 7.05. The minimum absolute atomic E-state index is 0.110. The van der Waals surface area contributed by atoms with E-state index in [0.717, 1.165) is 29.7 Å². The van der Waals surface area contributed by atoms with Crippen molar-refractivity contribution in [3.63, 3.8) is 0 Å². The van der Waals surface area contributed by atoms with E-state index in [-0.39, 0.29) is 12.5 Å². The van der Waals surface area contributed by atoms with E-state index in [4.69, 9.17) is 10.5 Å². The van der Waals surface area contributed by atoms with Crippen molar-refractivity contribution in [2.75, 3.05) is 11.9 Å². The molecule has 0 radical (unpaired) electrons. The van der Waals surface area contributed by atoms with Gasteiger partial charge < -0.3 is 15.8 Å².